The molecule has 0 spiro atoms. The van der Waals surface area contributed by atoms with Crippen LogP contribution >= 0.6 is 0 Å². The maximum Gasteiger partial charge on any atom is 0.0431 e. The molecule has 0 saturated carbocycles. The quantitative estimate of drug-likeness (QED) is 0.292. The molecule has 0 amide bonds. The van der Waals surface area contributed by atoms with Gasteiger partial charge in [-0.3, -0.25) is 0 Å². The molecule has 0 aromatic rings. The third kappa shape index (κ3) is 45.6. The topological polar surface area (TPSA) is 103 Å². The number of hydrogen-bond acceptors (Lipinski definition) is 2. The van der Waals surface area contributed by atoms with E-state index >= 15 is 0 Å². The fourth-order valence-electron chi connectivity index (χ4n) is 2.49. The molecule has 0 saturated heterocycles. The summed E-state index contributed by atoms with van der Waals surface area (Å²) in [4.78, 5) is 0. The van der Waals surface area contributed by atoms with Crippen LogP contribution in [0, 0.1) is 0 Å². The van der Waals surface area contributed by atoms with Crippen molar-refractivity contribution in [3.8, 4) is 0 Å². The van der Waals surface area contributed by atoms with Crippen LogP contribution in [0.4, 0.5) is 0 Å². The number of unbranched alkanes of at least 4 members (excludes halogenated alkanes) is 14. The van der Waals surface area contributed by atoms with E-state index in [1.165, 1.54) is 89.9 Å². The second kappa shape index (κ2) is 39.6. The second-order valence-electron chi connectivity index (χ2n) is 6.40. The van der Waals surface area contributed by atoms with Gasteiger partial charge in [-0.1, -0.05) is 104 Å². The van der Waals surface area contributed by atoms with E-state index in [4.69, 9.17) is 10.2 Å². The van der Waals surface area contributed by atoms with E-state index in [9.17, 15) is 0 Å². The Hall–Kier alpha value is 0.554. The van der Waals surface area contributed by atoms with Crippen molar-refractivity contribution in [2.24, 2.45) is 0 Å². The molecule has 0 rings (SSSR count). The first kappa shape index (κ1) is 36.5. The third-order valence-corrected chi connectivity index (χ3v) is 4.02. The van der Waals surface area contributed by atoms with Crippen LogP contribution in [-0.2, 0) is 21.7 Å². The van der Waals surface area contributed by atoms with Gasteiger partial charge in [0.1, 0.15) is 0 Å². The fourth-order valence-corrected chi connectivity index (χ4v) is 2.49. The Kier molecular flexibility index (Phi) is 57.7. The second-order valence-corrected chi connectivity index (χ2v) is 6.40. The minimum atomic E-state index is 0. The molecule has 5 heteroatoms. The van der Waals surface area contributed by atoms with E-state index < -0.39 is 0 Å². The molecule has 0 aromatic heterocycles. The molecule has 25 heavy (non-hydrogen) atoms. The van der Waals surface area contributed by atoms with Crippen LogP contribution in [0.1, 0.15) is 117 Å². The molecule has 6 N–H and O–H groups in total. The summed E-state index contributed by atoms with van der Waals surface area (Å²) in [7, 11) is 0. The van der Waals surface area contributed by atoms with E-state index in [2.05, 4.69) is 13.8 Å². The predicted octanol–water partition coefficient (Wildman–Crippen LogP) is 4.59. The number of aliphatic hydroxyl groups is 2. The van der Waals surface area contributed by atoms with Gasteiger partial charge in [0.2, 0.25) is 0 Å². The SMILES string of the molecule is CCCCCCCCCCO.CCCCCCCCCCO.O.O.[Ti]. The van der Waals surface area contributed by atoms with Crippen molar-refractivity contribution < 1.29 is 42.9 Å². The molecule has 0 atom stereocenters. The molecule has 4 nitrogen and oxygen atoms in total. The Bertz CT molecular complexity index is 138. The summed E-state index contributed by atoms with van der Waals surface area (Å²) in [5, 5.41) is 17.0. The van der Waals surface area contributed by atoms with E-state index in [0.29, 0.717) is 13.2 Å². The summed E-state index contributed by atoms with van der Waals surface area (Å²) in [6.45, 7) is 5.22. The van der Waals surface area contributed by atoms with Crippen LogP contribution in [0.15, 0.2) is 0 Å². The average molecular weight is 400 g/mol. The van der Waals surface area contributed by atoms with Crippen molar-refractivity contribution in [2.75, 3.05) is 13.2 Å². The van der Waals surface area contributed by atoms with Gasteiger partial charge in [0, 0.05) is 34.9 Å². The summed E-state index contributed by atoms with van der Waals surface area (Å²) < 4.78 is 0. The Labute approximate surface area is 172 Å². The van der Waals surface area contributed by atoms with Gasteiger partial charge in [-0.25, -0.2) is 0 Å². The molecule has 0 unspecified atom stereocenters. The number of rotatable bonds is 16. The van der Waals surface area contributed by atoms with Gasteiger partial charge in [-0.2, -0.15) is 0 Å². The van der Waals surface area contributed by atoms with Gasteiger partial charge >= 0.3 is 0 Å². The minimum absolute atomic E-state index is 0. The molecule has 156 valence electrons. The van der Waals surface area contributed by atoms with Crippen molar-refractivity contribution in [3.63, 3.8) is 0 Å². The van der Waals surface area contributed by atoms with E-state index in [1.54, 1.807) is 0 Å². The molecule has 0 bridgehead atoms. The van der Waals surface area contributed by atoms with Crippen LogP contribution in [0.5, 0.6) is 0 Å². The smallest absolute Gasteiger partial charge is 0.0431 e. The van der Waals surface area contributed by atoms with Crippen LogP contribution in [0.25, 0.3) is 0 Å². The van der Waals surface area contributed by atoms with Crippen LogP contribution in [-0.4, -0.2) is 34.4 Å². The van der Waals surface area contributed by atoms with Gasteiger partial charge in [0.15, 0.2) is 0 Å². The van der Waals surface area contributed by atoms with Gasteiger partial charge in [-0.05, 0) is 12.8 Å². The zero-order valence-corrected chi connectivity index (χ0v) is 18.7. The van der Waals surface area contributed by atoms with Crippen molar-refractivity contribution in [3.05, 3.63) is 0 Å². The molecule has 0 aliphatic heterocycles. The first-order valence-electron chi connectivity index (χ1n) is 10.0. The zero-order valence-electron chi connectivity index (χ0n) is 17.1. The summed E-state index contributed by atoms with van der Waals surface area (Å²) >= 11 is 0. The molecule has 0 radical (unpaired) electrons. The molecular weight excluding hydrogens is 352 g/mol. The first-order chi connectivity index (χ1) is 10.8. The van der Waals surface area contributed by atoms with Crippen LogP contribution in [0.2, 0.25) is 0 Å². The van der Waals surface area contributed by atoms with Gasteiger partial charge in [0.25, 0.3) is 0 Å². The summed E-state index contributed by atoms with van der Waals surface area (Å²) in [5.74, 6) is 0. The normalized spacial score (nSPS) is 9.12. The van der Waals surface area contributed by atoms with Crippen molar-refractivity contribution in [1.82, 2.24) is 0 Å². The van der Waals surface area contributed by atoms with Crippen LogP contribution < -0.4 is 0 Å². The molecule has 0 fully saturated rings. The monoisotopic (exact) mass is 400 g/mol. The number of hydrogen-bond donors (Lipinski definition) is 2. The Morgan fingerprint density at radius 3 is 0.800 bits per heavy atom. The van der Waals surface area contributed by atoms with Crippen molar-refractivity contribution in [1.29, 1.82) is 0 Å². The standard InChI is InChI=1S/2C10H22O.2H2O.Ti/c2*1-2-3-4-5-6-7-8-9-10-11;;;/h2*11H,2-10H2,1H3;2*1H2;. The molecule has 0 aliphatic rings. The average Bonchev–Trinajstić information content (AvgIpc) is 2.54. The summed E-state index contributed by atoms with van der Waals surface area (Å²) in [6, 6.07) is 0. The number of aliphatic hydroxyl groups excluding tert-OH is 2. The Morgan fingerprint density at radius 1 is 0.400 bits per heavy atom. The molecular formula is C20H48O4Ti. The summed E-state index contributed by atoms with van der Waals surface area (Å²) in [5.41, 5.74) is 0. The maximum atomic E-state index is 8.51. The van der Waals surface area contributed by atoms with E-state index in [1.807, 2.05) is 0 Å². The molecule has 0 heterocycles. The molecule has 0 aromatic carbocycles. The van der Waals surface area contributed by atoms with Crippen molar-refractivity contribution >= 4 is 0 Å². The van der Waals surface area contributed by atoms with Crippen LogP contribution in [0.3, 0.4) is 0 Å². The van der Waals surface area contributed by atoms with Gasteiger partial charge in [-0.15, -0.1) is 0 Å². The van der Waals surface area contributed by atoms with Gasteiger partial charge < -0.3 is 21.2 Å². The Balaban J connectivity index is -0.0000000952. The summed E-state index contributed by atoms with van der Waals surface area (Å²) in [6.07, 6.45) is 20.8. The minimum Gasteiger partial charge on any atom is -0.412 e. The predicted molar refractivity (Wildman–Crippen MR) is 107 cm³/mol. The Morgan fingerprint density at radius 2 is 0.600 bits per heavy atom. The van der Waals surface area contributed by atoms with Crippen molar-refractivity contribution in [2.45, 2.75) is 117 Å². The van der Waals surface area contributed by atoms with Gasteiger partial charge in [0.05, 0.1) is 0 Å². The third-order valence-electron chi connectivity index (χ3n) is 4.02. The van der Waals surface area contributed by atoms with E-state index in [0.717, 1.165) is 12.8 Å². The van der Waals surface area contributed by atoms with E-state index in [-0.39, 0.29) is 32.7 Å². The zero-order chi connectivity index (χ0) is 16.7. The fraction of sp³-hybridized carbons (Fsp3) is 1.00. The maximum absolute atomic E-state index is 8.51. The molecule has 0 aliphatic carbocycles. The largest absolute Gasteiger partial charge is 0.412 e. The first-order valence-corrected chi connectivity index (χ1v) is 10.0.